The predicted molar refractivity (Wildman–Crippen MR) is 53.7 cm³/mol. The van der Waals surface area contributed by atoms with Crippen molar-refractivity contribution in [1.82, 2.24) is 10.6 Å². The minimum Gasteiger partial charge on any atom is -0.319 e. The van der Waals surface area contributed by atoms with Gasteiger partial charge in [0.1, 0.15) is 0 Å². The van der Waals surface area contributed by atoms with Crippen LogP contribution >= 0.6 is 0 Å². The van der Waals surface area contributed by atoms with Gasteiger partial charge in [0.2, 0.25) is 0 Å². The molecule has 1 spiro atoms. The lowest BCUT2D eigenvalue weighted by molar-refractivity contribution is -0.124. The fourth-order valence-corrected chi connectivity index (χ4v) is 2.34. The van der Waals surface area contributed by atoms with Crippen molar-refractivity contribution in [2.45, 2.75) is 12.0 Å². The first-order chi connectivity index (χ1) is 7.63. The molecular formula is C11H8N2O3. The van der Waals surface area contributed by atoms with Crippen molar-refractivity contribution in [2.75, 3.05) is 0 Å². The Morgan fingerprint density at radius 2 is 1.88 bits per heavy atom. The average molecular weight is 216 g/mol. The van der Waals surface area contributed by atoms with E-state index in [1.807, 2.05) is 0 Å². The standard InChI is InChI=1S/C11H8N2O3/c14-8-5-11(9(15)12-10(16)13-11)7-4-2-1-3-6(7)8/h1-4H,5H2,(H2,12,13,15,16)/t11-/m1/s1. The van der Waals surface area contributed by atoms with Gasteiger partial charge in [-0.3, -0.25) is 14.9 Å². The fourth-order valence-electron chi connectivity index (χ4n) is 2.34. The van der Waals surface area contributed by atoms with Crippen LogP contribution in [0.2, 0.25) is 0 Å². The minimum atomic E-state index is -1.18. The molecule has 0 radical (unpaired) electrons. The van der Waals surface area contributed by atoms with Crippen LogP contribution < -0.4 is 10.6 Å². The van der Waals surface area contributed by atoms with E-state index in [0.29, 0.717) is 11.1 Å². The average Bonchev–Trinajstić information content (AvgIpc) is 2.69. The SMILES string of the molecule is O=C1NC(=O)[C@]2(CC(=O)c3ccccc32)N1. The van der Waals surface area contributed by atoms with E-state index in [1.54, 1.807) is 24.3 Å². The topological polar surface area (TPSA) is 75.3 Å². The molecule has 5 heteroatoms. The molecule has 80 valence electrons. The van der Waals surface area contributed by atoms with Gasteiger partial charge < -0.3 is 5.32 Å². The number of nitrogens with one attached hydrogen (secondary N) is 2. The van der Waals surface area contributed by atoms with Crippen LogP contribution in [0.15, 0.2) is 24.3 Å². The molecule has 1 aromatic rings. The summed E-state index contributed by atoms with van der Waals surface area (Å²) >= 11 is 0. The van der Waals surface area contributed by atoms with Gasteiger partial charge in [-0.25, -0.2) is 4.79 Å². The molecular weight excluding hydrogens is 208 g/mol. The summed E-state index contributed by atoms with van der Waals surface area (Å²) in [5, 5.41) is 4.71. The van der Waals surface area contributed by atoms with E-state index < -0.39 is 17.5 Å². The van der Waals surface area contributed by atoms with E-state index in [1.165, 1.54) is 0 Å². The Hall–Kier alpha value is -2.17. The molecule has 3 amide bonds. The largest absolute Gasteiger partial charge is 0.322 e. The van der Waals surface area contributed by atoms with Crippen LogP contribution in [0, 0.1) is 0 Å². The van der Waals surface area contributed by atoms with E-state index in [-0.39, 0.29) is 12.2 Å². The summed E-state index contributed by atoms with van der Waals surface area (Å²) in [5.41, 5.74) is -0.0756. The summed E-state index contributed by atoms with van der Waals surface area (Å²) in [7, 11) is 0. The number of ketones is 1. The summed E-state index contributed by atoms with van der Waals surface area (Å²) in [6, 6.07) is 6.31. The summed E-state index contributed by atoms with van der Waals surface area (Å²) in [5.74, 6) is -0.566. The normalized spacial score (nSPS) is 26.9. The van der Waals surface area contributed by atoms with Crippen molar-refractivity contribution in [2.24, 2.45) is 0 Å². The second kappa shape index (κ2) is 2.69. The molecule has 1 saturated heterocycles. The number of carbonyl (C=O) groups is 3. The number of carbonyl (C=O) groups excluding carboxylic acids is 3. The first-order valence-corrected chi connectivity index (χ1v) is 4.90. The van der Waals surface area contributed by atoms with Gasteiger partial charge in [0.15, 0.2) is 11.3 Å². The van der Waals surface area contributed by atoms with Crippen LogP contribution in [-0.2, 0) is 10.3 Å². The van der Waals surface area contributed by atoms with E-state index in [9.17, 15) is 14.4 Å². The van der Waals surface area contributed by atoms with Crippen molar-refractivity contribution in [1.29, 1.82) is 0 Å². The first kappa shape index (κ1) is 9.08. The molecule has 1 fully saturated rings. The summed E-state index contributed by atoms with van der Waals surface area (Å²) in [4.78, 5) is 34.7. The van der Waals surface area contributed by atoms with Crippen LogP contribution in [0.1, 0.15) is 22.3 Å². The second-order valence-corrected chi connectivity index (χ2v) is 3.96. The smallest absolute Gasteiger partial charge is 0.319 e. The van der Waals surface area contributed by atoms with Gasteiger partial charge >= 0.3 is 6.03 Å². The van der Waals surface area contributed by atoms with E-state index in [4.69, 9.17) is 0 Å². The predicted octanol–water partition coefficient (Wildman–Crippen LogP) is 0.308. The number of fused-ring (bicyclic) bond motifs is 2. The molecule has 0 saturated carbocycles. The second-order valence-electron chi connectivity index (χ2n) is 3.96. The molecule has 2 N–H and O–H groups in total. The third-order valence-corrected chi connectivity index (χ3v) is 3.05. The van der Waals surface area contributed by atoms with Gasteiger partial charge in [-0.1, -0.05) is 24.3 Å². The van der Waals surface area contributed by atoms with Crippen LogP contribution in [-0.4, -0.2) is 17.7 Å². The zero-order valence-electron chi connectivity index (χ0n) is 8.24. The van der Waals surface area contributed by atoms with E-state index >= 15 is 0 Å². The highest BCUT2D eigenvalue weighted by atomic mass is 16.2. The van der Waals surface area contributed by atoms with Crippen molar-refractivity contribution < 1.29 is 14.4 Å². The van der Waals surface area contributed by atoms with Crippen LogP contribution in [0.3, 0.4) is 0 Å². The van der Waals surface area contributed by atoms with Crippen LogP contribution in [0.5, 0.6) is 0 Å². The number of hydrogen-bond acceptors (Lipinski definition) is 3. The molecule has 3 rings (SSSR count). The monoisotopic (exact) mass is 216 g/mol. The molecule has 0 bridgehead atoms. The lowest BCUT2D eigenvalue weighted by Gasteiger charge is -2.19. The fraction of sp³-hybridized carbons (Fsp3) is 0.182. The Bertz CT molecular complexity index is 538. The van der Waals surface area contributed by atoms with Gasteiger partial charge in [0.25, 0.3) is 5.91 Å². The van der Waals surface area contributed by atoms with Gasteiger partial charge in [-0.2, -0.15) is 0 Å². The highest BCUT2D eigenvalue weighted by Gasteiger charge is 2.54. The van der Waals surface area contributed by atoms with Crippen molar-refractivity contribution in [3.8, 4) is 0 Å². The summed E-state index contributed by atoms with van der Waals surface area (Å²) in [6.45, 7) is 0. The number of rotatable bonds is 0. The maximum Gasteiger partial charge on any atom is 0.322 e. The molecule has 5 nitrogen and oxygen atoms in total. The van der Waals surface area contributed by atoms with Crippen molar-refractivity contribution in [3.63, 3.8) is 0 Å². The van der Waals surface area contributed by atoms with Crippen molar-refractivity contribution in [3.05, 3.63) is 35.4 Å². The van der Waals surface area contributed by atoms with E-state index in [2.05, 4.69) is 10.6 Å². The minimum absolute atomic E-state index is 0.00389. The van der Waals surface area contributed by atoms with Gasteiger partial charge in [0.05, 0.1) is 0 Å². The maximum absolute atomic E-state index is 11.8. The molecule has 1 atom stereocenters. The highest BCUT2D eigenvalue weighted by Crippen LogP contribution is 2.38. The number of Topliss-reactive ketones (excluding diaryl/α,β-unsaturated/α-hetero) is 1. The lowest BCUT2D eigenvalue weighted by Crippen LogP contribution is -2.41. The molecule has 0 unspecified atom stereocenters. The van der Waals surface area contributed by atoms with E-state index in [0.717, 1.165) is 0 Å². The Morgan fingerprint density at radius 3 is 2.56 bits per heavy atom. The molecule has 1 heterocycles. The van der Waals surface area contributed by atoms with Gasteiger partial charge in [-0.05, 0) is 5.56 Å². The summed E-state index contributed by atoms with van der Waals surface area (Å²) < 4.78 is 0. The zero-order valence-corrected chi connectivity index (χ0v) is 8.24. The Kier molecular flexibility index (Phi) is 1.53. The number of urea groups is 1. The van der Waals surface area contributed by atoms with Crippen LogP contribution in [0.25, 0.3) is 0 Å². The molecule has 1 aromatic carbocycles. The molecule has 0 aromatic heterocycles. The Balaban J connectivity index is 2.23. The number of hydrogen-bond donors (Lipinski definition) is 2. The number of imide groups is 1. The third kappa shape index (κ3) is 0.920. The van der Waals surface area contributed by atoms with Crippen LogP contribution in [0.4, 0.5) is 4.79 Å². The molecule has 1 aliphatic carbocycles. The first-order valence-electron chi connectivity index (χ1n) is 4.90. The van der Waals surface area contributed by atoms with Gasteiger partial charge in [-0.15, -0.1) is 0 Å². The quantitative estimate of drug-likeness (QED) is 0.613. The highest BCUT2D eigenvalue weighted by molar-refractivity contribution is 6.15. The third-order valence-electron chi connectivity index (χ3n) is 3.05. The Labute approximate surface area is 90.8 Å². The number of benzene rings is 1. The Morgan fingerprint density at radius 1 is 1.12 bits per heavy atom. The van der Waals surface area contributed by atoms with Crippen molar-refractivity contribution >= 4 is 17.7 Å². The van der Waals surface area contributed by atoms with Gasteiger partial charge in [0, 0.05) is 12.0 Å². The molecule has 2 aliphatic rings. The number of amides is 3. The summed E-state index contributed by atoms with van der Waals surface area (Å²) in [6.07, 6.45) is 0.00389. The maximum atomic E-state index is 11.8. The molecule has 16 heavy (non-hydrogen) atoms. The zero-order chi connectivity index (χ0) is 11.3. The molecule has 1 aliphatic heterocycles. The lowest BCUT2D eigenvalue weighted by atomic mass is 9.92.